The number of nitrogens with one attached hydrogen (secondary N) is 1. The van der Waals surface area contributed by atoms with Crippen LogP contribution in [-0.2, 0) is 0 Å². The Hall–Kier alpha value is -0.180. The van der Waals surface area contributed by atoms with Gasteiger partial charge in [-0.15, -0.1) is 0 Å². The van der Waals surface area contributed by atoms with Crippen molar-refractivity contribution in [2.45, 2.75) is 25.7 Å². The maximum atomic E-state index is 12.1. The number of halogens is 1. The molecule has 94 valence electrons. The van der Waals surface area contributed by atoms with E-state index in [-0.39, 0.29) is 0 Å². The number of aromatic nitrogens is 1. The molecule has 0 aliphatic heterocycles. The standard InChI is InChI=1S/C12H18FN2PS/c1-9-4-5-11(8-15-17-16-13)12(9)10-3-2-6-14-7-10/h2-3,6-7,9,11-12,15-16H,4-5,8H2,1H3/t9-,11?,12?/m1/s1. The van der Waals surface area contributed by atoms with Crippen LogP contribution in [0.4, 0.5) is 4.20 Å². The highest BCUT2D eigenvalue weighted by molar-refractivity contribution is 8.46. The number of nitrogens with zero attached hydrogens (tertiary/aromatic N) is 1. The van der Waals surface area contributed by atoms with Crippen LogP contribution in [0, 0.1) is 11.8 Å². The van der Waals surface area contributed by atoms with Crippen molar-refractivity contribution in [3.05, 3.63) is 30.1 Å². The van der Waals surface area contributed by atoms with Crippen molar-refractivity contribution in [1.29, 1.82) is 0 Å². The topological polar surface area (TPSA) is 24.9 Å². The zero-order valence-corrected chi connectivity index (χ0v) is 11.7. The van der Waals surface area contributed by atoms with Gasteiger partial charge >= 0.3 is 0 Å². The predicted molar refractivity (Wildman–Crippen MR) is 73.9 cm³/mol. The van der Waals surface area contributed by atoms with Crippen molar-refractivity contribution in [3.8, 4) is 0 Å². The summed E-state index contributed by atoms with van der Waals surface area (Å²) in [6.07, 6.45) is 6.28. The van der Waals surface area contributed by atoms with Gasteiger partial charge in [-0.2, -0.15) is 0 Å². The Balaban J connectivity index is 2.01. The first-order valence-electron chi connectivity index (χ1n) is 5.97. The predicted octanol–water partition coefficient (Wildman–Crippen LogP) is 3.93. The van der Waals surface area contributed by atoms with Crippen LogP contribution in [0.15, 0.2) is 24.5 Å². The average Bonchev–Trinajstić information content (AvgIpc) is 2.72. The molecule has 0 aromatic carbocycles. The molecule has 4 atom stereocenters. The van der Waals surface area contributed by atoms with E-state index >= 15 is 0 Å². The molecule has 0 radical (unpaired) electrons. The van der Waals surface area contributed by atoms with Gasteiger partial charge in [-0.05, 0) is 53.8 Å². The Morgan fingerprint density at radius 3 is 3.18 bits per heavy atom. The smallest absolute Gasteiger partial charge is 0.142 e. The summed E-state index contributed by atoms with van der Waals surface area (Å²) >= 11 is 1.19. The lowest BCUT2D eigenvalue weighted by Gasteiger charge is -2.23. The van der Waals surface area contributed by atoms with Gasteiger partial charge in [-0.25, -0.2) is 4.20 Å². The highest BCUT2D eigenvalue weighted by Crippen LogP contribution is 2.43. The summed E-state index contributed by atoms with van der Waals surface area (Å²) in [5.41, 5.74) is 1.33. The van der Waals surface area contributed by atoms with Gasteiger partial charge in [-0.3, -0.25) is 9.71 Å². The van der Waals surface area contributed by atoms with E-state index in [0.717, 1.165) is 6.54 Å². The van der Waals surface area contributed by atoms with Gasteiger partial charge in [0.15, 0.2) is 0 Å². The van der Waals surface area contributed by atoms with Crippen molar-refractivity contribution in [3.63, 3.8) is 0 Å². The SMILES string of the molecule is C[C@@H]1CCC(CNSPF)C1c1cccnc1. The Kier molecular flexibility index (Phi) is 5.20. The quantitative estimate of drug-likeness (QED) is 0.499. The number of hydrogen-bond donors (Lipinski definition) is 1. The lowest BCUT2D eigenvalue weighted by Crippen LogP contribution is -2.21. The molecule has 5 heteroatoms. The fourth-order valence-electron chi connectivity index (χ4n) is 2.88. The molecule has 1 heterocycles. The molecule has 1 N–H and O–H groups in total. The Morgan fingerprint density at radius 2 is 2.47 bits per heavy atom. The zero-order valence-electron chi connectivity index (χ0n) is 9.90. The van der Waals surface area contributed by atoms with Crippen LogP contribution in [0.2, 0.25) is 0 Å². The van der Waals surface area contributed by atoms with E-state index in [2.05, 4.69) is 22.7 Å². The van der Waals surface area contributed by atoms with Gasteiger partial charge in [0.1, 0.15) is 8.09 Å². The molecule has 0 bridgehead atoms. The van der Waals surface area contributed by atoms with Gasteiger partial charge in [0.25, 0.3) is 0 Å². The largest absolute Gasteiger partial charge is 0.264 e. The van der Waals surface area contributed by atoms with Crippen molar-refractivity contribution in [1.82, 2.24) is 9.71 Å². The monoisotopic (exact) mass is 272 g/mol. The van der Waals surface area contributed by atoms with E-state index < -0.39 is 8.09 Å². The molecule has 1 aliphatic carbocycles. The van der Waals surface area contributed by atoms with E-state index in [0.29, 0.717) is 17.8 Å². The van der Waals surface area contributed by atoms with E-state index in [9.17, 15) is 4.20 Å². The minimum Gasteiger partial charge on any atom is -0.264 e. The van der Waals surface area contributed by atoms with Crippen LogP contribution in [0.5, 0.6) is 0 Å². The normalized spacial score (nSPS) is 29.2. The van der Waals surface area contributed by atoms with Crippen molar-refractivity contribution >= 4 is 19.7 Å². The van der Waals surface area contributed by atoms with E-state index in [4.69, 9.17) is 0 Å². The second-order valence-electron chi connectivity index (χ2n) is 4.65. The van der Waals surface area contributed by atoms with E-state index in [1.54, 1.807) is 0 Å². The Morgan fingerprint density at radius 1 is 1.59 bits per heavy atom. The van der Waals surface area contributed by atoms with Crippen LogP contribution < -0.4 is 4.72 Å². The molecule has 1 aromatic heterocycles. The maximum Gasteiger partial charge on any atom is 0.142 e. The molecule has 1 fully saturated rings. The van der Waals surface area contributed by atoms with Crippen molar-refractivity contribution in [2.24, 2.45) is 11.8 Å². The summed E-state index contributed by atoms with van der Waals surface area (Å²) < 4.78 is 15.2. The highest BCUT2D eigenvalue weighted by Gasteiger charge is 2.34. The van der Waals surface area contributed by atoms with Crippen LogP contribution in [-0.4, -0.2) is 11.5 Å². The number of rotatable bonds is 5. The van der Waals surface area contributed by atoms with Gasteiger partial charge in [-0.1, -0.05) is 13.0 Å². The van der Waals surface area contributed by atoms with Crippen molar-refractivity contribution in [2.75, 3.05) is 6.54 Å². The first-order valence-corrected chi connectivity index (χ1v) is 8.39. The molecule has 1 aromatic rings. The molecule has 0 amide bonds. The Bertz CT molecular complexity index is 339. The average molecular weight is 272 g/mol. The summed E-state index contributed by atoms with van der Waals surface area (Å²) in [5, 5.41) is 0. The highest BCUT2D eigenvalue weighted by atomic mass is 32.7. The number of pyridine rings is 1. The zero-order chi connectivity index (χ0) is 12.1. The van der Waals surface area contributed by atoms with Crippen LogP contribution >= 0.6 is 19.7 Å². The molecule has 3 unspecified atom stereocenters. The minimum absolute atomic E-state index is 0.569. The van der Waals surface area contributed by atoms with Gasteiger partial charge in [0.2, 0.25) is 0 Å². The maximum absolute atomic E-state index is 12.1. The van der Waals surface area contributed by atoms with E-state index in [1.165, 1.54) is 30.0 Å². The number of hydrogen-bond acceptors (Lipinski definition) is 3. The van der Waals surface area contributed by atoms with Gasteiger partial charge in [0.05, 0.1) is 0 Å². The Labute approximate surface area is 108 Å². The lowest BCUT2D eigenvalue weighted by molar-refractivity contribution is 0.431. The minimum atomic E-state index is -0.574. The van der Waals surface area contributed by atoms with Gasteiger partial charge in [0, 0.05) is 18.9 Å². The summed E-state index contributed by atoms with van der Waals surface area (Å²) in [6, 6.07) is 4.17. The molecule has 17 heavy (non-hydrogen) atoms. The first-order chi connectivity index (χ1) is 8.33. The summed E-state index contributed by atoms with van der Waals surface area (Å²) in [5.74, 6) is 1.88. The summed E-state index contributed by atoms with van der Waals surface area (Å²) in [6.45, 7) is 3.20. The third-order valence-electron chi connectivity index (χ3n) is 3.64. The molecular weight excluding hydrogens is 254 g/mol. The molecule has 0 saturated heterocycles. The fraction of sp³-hybridized carbons (Fsp3) is 0.583. The van der Waals surface area contributed by atoms with Crippen LogP contribution in [0.3, 0.4) is 0 Å². The molecule has 2 rings (SSSR count). The van der Waals surface area contributed by atoms with Crippen LogP contribution in [0.25, 0.3) is 0 Å². The lowest BCUT2D eigenvalue weighted by atomic mass is 9.85. The second-order valence-corrected chi connectivity index (χ2v) is 6.38. The van der Waals surface area contributed by atoms with Gasteiger partial charge < -0.3 is 0 Å². The van der Waals surface area contributed by atoms with Crippen molar-refractivity contribution < 1.29 is 4.20 Å². The molecule has 1 aliphatic rings. The second kappa shape index (κ2) is 6.67. The molecule has 2 nitrogen and oxygen atoms in total. The van der Waals surface area contributed by atoms with E-state index in [1.807, 2.05) is 18.5 Å². The first kappa shape index (κ1) is 13.3. The summed E-state index contributed by atoms with van der Waals surface area (Å²) in [7, 11) is -0.574. The third kappa shape index (κ3) is 3.40. The fourth-order valence-corrected chi connectivity index (χ4v) is 3.65. The summed E-state index contributed by atoms with van der Waals surface area (Å²) in [4.78, 5) is 4.21. The molecular formula is C12H18FN2PS. The third-order valence-corrected chi connectivity index (χ3v) is 4.69. The molecule has 1 saturated carbocycles. The van der Waals surface area contributed by atoms with Crippen LogP contribution in [0.1, 0.15) is 31.2 Å². The molecule has 0 spiro atoms.